The van der Waals surface area contributed by atoms with Crippen molar-refractivity contribution < 1.29 is 9.90 Å². The number of amides is 1. The number of carbonyl (C=O) groups is 1. The lowest BCUT2D eigenvalue weighted by Crippen LogP contribution is -2.41. The van der Waals surface area contributed by atoms with E-state index in [9.17, 15) is 9.90 Å². The molecule has 2 rings (SSSR count). The molecule has 1 aromatic rings. The summed E-state index contributed by atoms with van der Waals surface area (Å²) in [6.07, 6.45) is 1.44. The molecule has 1 fully saturated rings. The molecule has 1 amide bonds. The van der Waals surface area contributed by atoms with Gasteiger partial charge in [0, 0.05) is 23.7 Å². The van der Waals surface area contributed by atoms with Gasteiger partial charge < -0.3 is 10.0 Å². The zero-order valence-corrected chi connectivity index (χ0v) is 12.2. The quantitative estimate of drug-likeness (QED) is 0.905. The SMILES string of the molecule is Cc1ccc(Cl)cc1C(=O)N1CCC(C(C)O)CC1. The second-order valence-electron chi connectivity index (χ2n) is 5.33. The Bertz CT molecular complexity index is 465. The molecule has 4 heteroatoms. The molecule has 0 aliphatic carbocycles. The van der Waals surface area contributed by atoms with Crippen molar-refractivity contribution in [1.82, 2.24) is 4.90 Å². The maximum absolute atomic E-state index is 12.5. The highest BCUT2D eigenvalue weighted by atomic mass is 35.5. The number of nitrogens with zero attached hydrogens (tertiary/aromatic N) is 1. The van der Waals surface area contributed by atoms with E-state index >= 15 is 0 Å². The average molecular weight is 282 g/mol. The zero-order valence-electron chi connectivity index (χ0n) is 11.4. The molecule has 1 aliphatic heterocycles. The van der Waals surface area contributed by atoms with Gasteiger partial charge in [0.05, 0.1) is 6.10 Å². The van der Waals surface area contributed by atoms with Crippen LogP contribution in [0.1, 0.15) is 35.7 Å². The maximum Gasteiger partial charge on any atom is 0.254 e. The van der Waals surface area contributed by atoms with Gasteiger partial charge in [0.15, 0.2) is 0 Å². The van der Waals surface area contributed by atoms with Crippen LogP contribution in [0.3, 0.4) is 0 Å². The summed E-state index contributed by atoms with van der Waals surface area (Å²) in [4.78, 5) is 14.3. The summed E-state index contributed by atoms with van der Waals surface area (Å²) in [6.45, 7) is 5.16. The van der Waals surface area contributed by atoms with Gasteiger partial charge in [-0.15, -0.1) is 0 Å². The number of benzene rings is 1. The van der Waals surface area contributed by atoms with E-state index in [0.717, 1.165) is 18.4 Å². The smallest absolute Gasteiger partial charge is 0.254 e. The van der Waals surface area contributed by atoms with E-state index in [1.807, 2.05) is 24.8 Å². The number of piperidine rings is 1. The van der Waals surface area contributed by atoms with Crippen LogP contribution in [0.15, 0.2) is 18.2 Å². The molecule has 1 atom stereocenters. The average Bonchev–Trinajstić information content (AvgIpc) is 2.41. The lowest BCUT2D eigenvalue weighted by Gasteiger charge is -2.33. The molecule has 1 heterocycles. The van der Waals surface area contributed by atoms with Crippen molar-refractivity contribution in [1.29, 1.82) is 0 Å². The summed E-state index contributed by atoms with van der Waals surface area (Å²) < 4.78 is 0. The van der Waals surface area contributed by atoms with Gasteiger partial charge in [0.2, 0.25) is 0 Å². The van der Waals surface area contributed by atoms with E-state index in [1.54, 1.807) is 12.1 Å². The second-order valence-corrected chi connectivity index (χ2v) is 5.77. The van der Waals surface area contributed by atoms with Gasteiger partial charge in [0.1, 0.15) is 0 Å². The first-order valence-corrected chi connectivity index (χ1v) is 7.10. The lowest BCUT2D eigenvalue weighted by atomic mass is 9.91. The predicted molar refractivity (Wildman–Crippen MR) is 76.5 cm³/mol. The first-order valence-electron chi connectivity index (χ1n) is 6.72. The van der Waals surface area contributed by atoms with Crippen molar-refractivity contribution in [2.24, 2.45) is 5.92 Å². The molecule has 1 unspecified atom stereocenters. The molecule has 1 aromatic carbocycles. The fraction of sp³-hybridized carbons (Fsp3) is 0.533. The minimum Gasteiger partial charge on any atom is -0.393 e. The van der Waals surface area contributed by atoms with E-state index in [0.29, 0.717) is 29.6 Å². The van der Waals surface area contributed by atoms with Crippen molar-refractivity contribution in [3.8, 4) is 0 Å². The first-order chi connectivity index (χ1) is 8.99. The molecule has 0 saturated carbocycles. The molecule has 1 saturated heterocycles. The molecular formula is C15H20ClNO2. The third-order valence-electron chi connectivity index (χ3n) is 3.94. The Labute approximate surface area is 119 Å². The van der Waals surface area contributed by atoms with Crippen molar-refractivity contribution in [2.45, 2.75) is 32.8 Å². The van der Waals surface area contributed by atoms with Gasteiger partial charge in [0.25, 0.3) is 5.91 Å². The fourth-order valence-corrected chi connectivity index (χ4v) is 2.75. The van der Waals surface area contributed by atoms with E-state index in [2.05, 4.69) is 0 Å². The van der Waals surface area contributed by atoms with Crippen LogP contribution >= 0.6 is 11.6 Å². The third kappa shape index (κ3) is 3.28. The molecule has 0 spiro atoms. The number of aliphatic hydroxyl groups is 1. The number of carbonyl (C=O) groups excluding carboxylic acids is 1. The standard InChI is InChI=1S/C15H20ClNO2/c1-10-3-4-13(16)9-14(10)15(19)17-7-5-12(6-8-17)11(2)18/h3-4,9,11-12,18H,5-8H2,1-2H3. The zero-order chi connectivity index (χ0) is 14.0. The summed E-state index contributed by atoms with van der Waals surface area (Å²) in [5.41, 5.74) is 1.63. The minimum atomic E-state index is -0.287. The topological polar surface area (TPSA) is 40.5 Å². The normalized spacial score (nSPS) is 18.4. The summed E-state index contributed by atoms with van der Waals surface area (Å²) in [6, 6.07) is 5.41. The van der Waals surface area contributed by atoms with Gasteiger partial charge in [-0.25, -0.2) is 0 Å². The maximum atomic E-state index is 12.5. The minimum absolute atomic E-state index is 0.0454. The molecular weight excluding hydrogens is 262 g/mol. The fourth-order valence-electron chi connectivity index (χ4n) is 2.58. The molecule has 0 bridgehead atoms. The van der Waals surface area contributed by atoms with Gasteiger partial charge in [-0.1, -0.05) is 17.7 Å². The van der Waals surface area contributed by atoms with Crippen LogP contribution in [-0.4, -0.2) is 35.1 Å². The second kappa shape index (κ2) is 5.93. The van der Waals surface area contributed by atoms with E-state index in [-0.39, 0.29) is 12.0 Å². The molecule has 3 nitrogen and oxygen atoms in total. The Morgan fingerprint density at radius 3 is 2.63 bits per heavy atom. The van der Waals surface area contributed by atoms with E-state index in [1.165, 1.54) is 0 Å². The monoisotopic (exact) mass is 281 g/mol. The van der Waals surface area contributed by atoms with Crippen LogP contribution in [0.2, 0.25) is 5.02 Å². The van der Waals surface area contributed by atoms with Gasteiger partial charge in [-0.3, -0.25) is 4.79 Å². The number of likely N-dealkylation sites (tertiary alicyclic amines) is 1. The number of halogens is 1. The lowest BCUT2D eigenvalue weighted by molar-refractivity contribution is 0.0521. The Kier molecular flexibility index (Phi) is 4.48. The Hall–Kier alpha value is -1.06. The molecule has 19 heavy (non-hydrogen) atoms. The summed E-state index contributed by atoms with van der Waals surface area (Å²) in [7, 11) is 0. The van der Waals surface area contributed by atoms with E-state index < -0.39 is 0 Å². The van der Waals surface area contributed by atoms with Gasteiger partial charge in [-0.2, -0.15) is 0 Å². The molecule has 104 valence electrons. The van der Waals surface area contributed by atoms with Gasteiger partial charge in [-0.05, 0) is 50.3 Å². The number of aliphatic hydroxyl groups excluding tert-OH is 1. The molecule has 1 N–H and O–H groups in total. The highest BCUT2D eigenvalue weighted by Crippen LogP contribution is 2.23. The molecule has 0 radical (unpaired) electrons. The van der Waals surface area contributed by atoms with E-state index in [4.69, 9.17) is 11.6 Å². The van der Waals surface area contributed by atoms with Crippen LogP contribution in [-0.2, 0) is 0 Å². The molecule has 1 aliphatic rings. The largest absolute Gasteiger partial charge is 0.393 e. The van der Waals surface area contributed by atoms with Crippen LogP contribution < -0.4 is 0 Å². The molecule has 0 aromatic heterocycles. The number of rotatable bonds is 2. The number of aryl methyl sites for hydroxylation is 1. The van der Waals surface area contributed by atoms with Crippen molar-refractivity contribution >= 4 is 17.5 Å². The third-order valence-corrected chi connectivity index (χ3v) is 4.17. The van der Waals surface area contributed by atoms with Crippen LogP contribution in [0.25, 0.3) is 0 Å². The van der Waals surface area contributed by atoms with Crippen molar-refractivity contribution in [2.75, 3.05) is 13.1 Å². The summed E-state index contributed by atoms with van der Waals surface area (Å²) >= 11 is 5.96. The predicted octanol–water partition coefficient (Wildman–Crippen LogP) is 2.88. The van der Waals surface area contributed by atoms with Crippen molar-refractivity contribution in [3.05, 3.63) is 34.3 Å². The summed E-state index contributed by atoms with van der Waals surface area (Å²) in [5, 5.41) is 10.2. The number of hydrogen-bond donors (Lipinski definition) is 1. The van der Waals surface area contributed by atoms with Crippen LogP contribution in [0, 0.1) is 12.8 Å². The highest BCUT2D eigenvalue weighted by molar-refractivity contribution is 6.31. The highest BCUT2D eigenvalue weighted by Gasteiger charge is 2.26. The first kappa shape index (κ1) is 14.4. The van der Waals surface area contributed by atoms with Crippen LogP contribution in [0.5, 0.6) is 0 Å². The Morgan fingerprint density at radius 1 is 1.42 bits per heavy atom. The van der Waals surface area contributed by atoms with Crippen molar-refractivity contribution in [3.63, 3.8) is 0 Å². The number of hydrogen-bond acceptors (Lipinski definition) is 2. The Balaban J connectivity index is 2.07. The Morgan fingerprint density at radius 2 is 2.05 bits per heavy atom. The van der Waals surface area contributed by atoms with Gasteiger partial charge >= 0.3 is 0 Å². The van der Waals surface area contributed by atoms with Crippen LogP contribution in [0.4, 0.5) is 0 Å². The summed E-state index contributed by atoms with van der Waals surface area (Å²) in [5.74, 6) is 0.355.